The van der Waals surface area contributed by atoms with Crippen molar-refractivity contribution >= 4 is 12.1 Å². The molecular formula is C18H27NO5. The molecule has 1 aromatic carbocycles. The topological polar surface area (TPSA) is 73.9 Å². The molecule has 0 unspecified atom stereocenters. The summed E-state index contributed by atoms with van der Waals surface area (Å²) in [5.74, 6) is -0.550. The molecule has 0 aliphatic heterocycles. The minimum Gasteiger partial charge on any atom is -0.458 e. The molecule has 0 aliphatic rings. The van der Waals surface area contributed by atoms with Crippen molar-refractivity contribution in [2.24, 2.45) is 0 Å². The fourth-order valence-corrected chi connectivity index (χ4v) is 2.13. The number of carbonyl (C=O) groups is 2. The molecule has 6 heteroatoms. The van der Waals surface area contributed by atoms with Crippen LogP contribution >= 0.6 is 0 Å². The van der Waals surface area contributed by atoms with Crippen LogP contribution in [0.15, 0.2) is 30.3 Å². The van der Waals surface area contributed by atoms with Gasteiger partial charge in [-0.05, 0) is 40.2 Å². The zero-order valence-corrected chi connectivity index (χ0v) is 15.2. The largest absolute Gasteiger partial charge is 0.458 e. The summed E-state index contributed by atoms with van der Waals surface area (Å²) in [4.78, 5) is 23.9. The van der Waals surface area contributed by atoms with Crippen molar-refractivity contribution in [3.05, 3.63) is 35.9 Å². The Balaban J connectivity index is 2.60. The highest BCUT2D eigenvalue weighted by Crippen LogP contribution is 2.22. The lowest BCUT2D eigenvalue weighted by Gasteiger charge is -2.25. The first-order valence-electron chi connectivity index (χ1n) is 7.92. The molecule has 0 spiro atoms. The number of alkyl carbamates (subject to hydrolysis) is 1. The van der Waals surface area contributed by atoms with Crippen LogP contribution < -0.4 is 5.32 Å². The van der Waals surface area contributed by atoms with Crippen molar-refractivity contribution in [1.82, 2.24) is 5.32 Å². The predicted molar refractivity (Wildman–Crippen MR) is 90.6 cm³/mol. The first-order valence-corrected chi connectivity index (χ1v) is 7.92. The van der Waals surface area contributed by atoms with Gasteiger partial charge in [0.2, 0.25) is 0 Å². The third-order valence-electron chi connectivity index (χ3n) is 3.20. The Hall–Kier alpha value is -2.08. The van der Waals surface area contributed by atoms with Crippen molar-refractivity contribution in [2.45, 2.75) is 58.5 Å². The average Bonchev–Trinajstić information content (AvgIpc) is 2.46. The number of nitrogens with one attached hydrogen (secondary N) is 1. The summed E-state index contributed by atoms with van der Waals surface area (Å²) in [6.45, 7) is 8.55. The van der Waals surface area contributed by atoms with Crippen LogP contribution in [-0.2, 0) is 19.0 Å². The molecule has 1 amide bonds. The van der Waals surface area contributed by atoms with Gasteiger partial charge in [0.25, 0.3) is 0 Å². The van der Waals surface area contributed by atoms with Crippen molar-refractivity contribution < 1.29 is 23.8 Å². The fourth-order valence-electron chi connectivity index (χ4n) is 2.13. The van der Waals surface area contributed by atoms with E-state index < -0.39 is 29.8 Å². The van der Waals surface area contributed by atoms with Gasteiger partial charge in [-0.2, -0.15) is 0 Å². The fraction of sp³-hybridized carbons (Fsp3) is 0.556. The molecular weight excluding hydrogens is 310 g/mol. The van der Waals surface area contributed by atoms with E-state index in [1.54, 1.807) is 41.7 Å². The van der Waals surface area contributed by atoms with E-state index in [0.29, 0.717) is 0 Å². The monoisotopic (exact) mass is 337 g/mol. The Morgan fingerprint density at radius 3 is 2.17 bits per heavy atom. The summed E-state index contributed by atoms with van der Waals surface area (Å²) in [5.41, 5.74) is 0.281. The molecule has 134 valence electrons. The van der Waals surface area contributed by atoms with Crippen LogP contribution in [0.3, 0.4) is 0 Å². The lowest BCUT2D eigenvalue weighted by molar-refractivity contribution is -0.157. The van der Waals surface area contributed by atoms with Crippen molar-refractivity contribution in [1.29, 1.82) is 0 Å². The summed E-state index contributed by atoms with van der Waals surface area (Å²) < 4.78 is 16.0. The summed E-state index contributed by atoms with van der Waals surface area (Å²) in [6, 6.07) is 8.67. The second-order valence-corrected chi connectivity index (χ2v) is 6.58. The minimum atomic E-state index is -0.824. The number of rotatable bonds is 6. The maximum atomic E-state index is 12.2. The molecule has 0 heterocycles. The summed E-state index contributed by atoms with van der Waals surface area (Å²) in [6.07, 6.45) is -1.55. The number of methoxy groups -OCH3 is 1. The summed E-state index contributed by atoms with van der Waals surface area (Å²) in [5, 5.41) is 2.46. The molecule has 0 aromatic heterocycles. The van der Waals surface area contributed by atoms with Gasteiger partial charge < -0.3 is 19.5 Å². The number of carbonyl (C=O) groups excluding carboxylic acids is 2. The second kappa shape index (κ2) is 8.68. The van der Waals surface area contributed by atoms with E-state index in [0.717, 1.165) is 5.56 Å². The standard InChI is InChI=1S/C18H27NO5/c1-12(19-17(21)24-18(3,4)5)16(20)23-13(2)15(22-6)14-10-8-7-9-11-14/h7-13,15H,1-6H3,(H,19,21)/t12-,13-,15+/m0/s1. The molecule has 0 fully saturated rings. The molecule has 24 heavy (non-hydrogen) atoms. The van der Waals surface area contributed by atoms with Crippen LogP contribution in [0.1, 0.15) is 46.3 Å². The van der Waals surface area contributed by atoms with E-state index >= 15 is 0 Å². The molecule has 0 bridgehead atoms. The number of ether oxygens (including phenoxy) is 3. The zero-order valence-electron chi connectivity index (χ0n) is 15.2. The maximum absolute atomic E-state index is 12.2. The Kier molecular flexibility index (Phi) is 7.22. The first kappa shape index (κ1) is 20.0. The highest BCUT2D eigenvalue weighted by molar-refractivity contribution is 5.81. The normalized spacial score (nSPS) is 15.1. The van der Waals surface area contributed by atoms with Crippen LogP contribution in [0.5, 0.6) is 0 Å². The van der Waals surface area contributed by atoms with Gasteiger partial charge in [-0.3, -0.25) is 0 Å². The molecule has 0 aliphatic carbocycles. The van der Waals surface area contributed by atoms with Gasteiger partial charge in [0.15, 0.2) is 0 Å². The van der Waals surface area contributed by atoms with Crippen molar-refractivity contribution in [2.75, 3.05) is 7.11 Å². The molecule has 3 atom stereocenters. The molecule has 1 rings (SSSR count). The molecule has 6 nitrogen and oxygen atoms in total. The number of amides is 1. The van der Waals surface area contributed by atoms with E-state index in [1.807, 2.05) is 30.3 Å². The Morgan fingerprint density at radius 2 is 1.67 bits per heavy atom. The van der Waals surface area contributed by atoms with Gasteiger partial charge >= 0.3 is 12.1 Å². The average molecular weight is 337 g/mol. The first-order chi connectivity index (χ1) is 11.1. The number of esters is 1. The minimum absolute atomic E-state index is 0.385. The van der Waals surface area contributed by atoms with E-state index in [-0.39, 0.29) is 6.10 Å². The lowest BCUT2D eigenvalue weighted by atomic mass is 10.1. The van der Waals surface area contributed by atoms with Crippen LogP contribution in [0, 0.1) is 0 Å². The molecule has 0 saturated carbocycles. The van der Waals surface area contributed by atoms with Crippen LogP contribution in [0.25, 0.3) is 0 Å². The molecule has 0 radical (unpaired) electrons. The highest BCUT2D eigenvalue weighted by atomic mass is 16.6. The maximum Gasteiger partial charge on any atom is 0.408 e. The molecule has 1 aromatic rings. The van der Waals surface area contributed by atoms with Gasteiger partial charge in [-0.25, -0.2) is 9.59 Å². The Labute approximate surface area is 143 Å². The number of benzene rings is 1. The predicted octanol–water partition coefficient (Wildman–Crippen LogP) is 3.22. The Bertz CT molecular complexity index is 538. The van der Waals surface area contributed by atoms with Crippen molar-refractivity contribution in [3.8, 4) is 0 Å². The van der Waals surface area contributed by atoms with Gasteiger partial charge in [-0.1, -0.05) is 30.3 Å². The number of hydrogen-bond acceptors (Lipinski definition) is 5. The smallest absolute Gasteiger partial charge is 0.408 e. The number of hydrogen-bond donors (Lipinski definition) is 1. The van der Waals surface area contributed by atoms with E-state index in [2.05, 4.69) is 5.32 Å². The summed E-state index contributed by atoms with van der Waals surface area (Å²) in [7, 11) is 1.56. The van der Waals surface area contributed by atoms with E-state index in [4.69, 9.17) is 14.2 Å². The third-order valence-corrected chi connectivity index (χ3v) is 3.20. The van der Waals surface area contributed by atoms with Gasteiger partial charge in [-0.15, -0.1) is 0 Å². The van der Waals surface area contributed by atoms with E-state index in [9.17, 15) is 9.59 Å². The molecule has 1 N–H and O–H groups in total. The SMILES string of the molecule is CO[C@@H](c1ccccc1)[C@H](C)OC(=O)[C@H](C)NC(=O)OC(C)(C)C. The quantitative estimate of drug-likeness (QED) is 0.807. The highest BCUT2D eigenvalue weighted by Gasteiger charge is 2.27. The Morgan fingerprint density at radius 1 is 1.08 bits per heavy atom. The summed E-state index contributed by atoms with van der Waals surface area (Å²) >= 11 is 0. The van der Waals surface area contributed by atoms with Gasteiger partial charge in [0.1, 0.15) is 23.9 Å². The van der Waals surface area contributed by atoms with E-state index in [1.165, 1.54) is 0 Å². The van der Waals surface area contributed by atoms with Crippen LogP contribution in [-0.4, -0.2) is 36.9 Å². The third kappa shape index (κ3) is 6.58. The van der Waals surface area contributed by atoms with Gasteiger partial charge in [0.05, 0.1) is 0 Å². The van der Waals surface area contributed by atoms with Crippen LogP contribution in [0.2, 0.25) is 0 Å². The van der Waals surface area contributed by atoms with Gasteiger partial charge in [0, 0.05) is 7.11 Å². The van der Waals surface area contributed by atoms with Crippen molar-refractivity contribution in [3.63, 3.8) is 0 Å². The second-order valence-electron chi connectivity index (χ2n) is 6.58. The van der Waals surface area contributed by atoms with Crippen LogP contribution in [0.4, 0.5) is 4.79 Å². The zero-order chi connectivity index (χ0) is 18.3. The lowest BCUT2D eigenvalue weighted by Crippen LogP contribution is -2.43. The molecule has 0 saturated heterocycles.